The molecule has 0 atom stereocenters. The molecule has 5 nitrogen and oxygen atoms in total. The number of ether oxygens (including phenoxy) is 2. The number of methoxy groups -OCH3 is 2. The number of aromatic amines is 1. The zero-order valence-corrected chi connectivity index (χ0v) is 10.6. The minimum Gasteiger partial charge on any atom is -0.497 e. The summed E-state index contributed by atoms with van der Waals surface area (Å²) in [5.41, 5.74) is 0.696. The largest absolute Gasteiger partial charge is 0.497 e. The number of nitrogens with one attached hydrogen (secondary N) is 1. The molecule has 1 aromatic carbocycles. The van der Waals surface area contributed by atoms with E-state index < -0.39 is 0 Å². The third-order valence-corrected chi connectivity index (χ3v) is 2.66. The fourth-order valence-electron chi connectivity index (χ4n) is 1.60. The molecule has 6 heteroatoms. The fourth-order valence-corrected chi connectivity index (χ4v) is 1.75. The lowest BCUT2D eigenvalue weighted by atomic mass is 10.1. The fraction of sp³-hybridized carbons (Fsp3) is 0.167. The zero-order valence-electron chi connectivity index (χ0n) is 9.86. The first kappa shape index (κ1) is 12.4. The Morgan fingerprint density at radius 3 is 2.61 bits per heavy atom. The van der Waals surface area contributed by atoms with Crippen LogP contribution >= 0.6 is 11.6 Å². The second-order valence-electron chi connectivity index (χ2n) is 3.50. The maximum atomic E-state index is 11.7. The minimum absolute atomic E-state index is 0.211. The maximum Gasteiger partial charge on any atom is 0.272 e. The van der Waals surface area contributed by atoms with Gasteiger partial charge in [0.1, 0.15) is 16.7 Å². The van der Waals surface area contributed by atoms with Crippen molar-refractivity contribution in [1.29, 1.82) is 0 Å². The first-order valence-corrected chi connectivity index (χ1v) is 5.51. The molecule has 2 rings (SSSR count). The SMILES string of the molecule is COc1ccc(-c2cc(Cl)n[nH]c2=O)c(OC)c1. The van der Waals surface area contributed by atoms with Gasteiger partial charge in [0.2, 0.25) is 0 Å². The smallest absolute Gasteiger partial charge is 0.272 e. The normalized spacial score (nSPS) is 10.2. The summed E-state index contributed by atoms with van der Waals surface area (Å²) in [6.07, 6.45) is 0. The van der Waals surface area contributed by atoms with Crippen LogP contribution < -0.4 is 15.0 Å². The molecule has 0 amide bonds. The monoisotopic (exact) mass is 266 g/mol. The number of rotatable bonds is 3. The van der Waals surface area contributed by atoms with E-state index in [1.807, 2.05) is 0 Å². The molecule has 1 heterocycles. The van der Waals surface area contributed by atoms with Gasteiger partial charge < -0.3 is 9.47 Å². The van der Waals surface area contributed by atoms with Crippen molar-refractivity contribution in [3.63, 3.8) is 0 Å². The summed E-state index contributed by atoms with van der Waals surface area (Å²) >= 11 is 5.77. The predicted octanol–water partition coefficient (Wildman–Crippen LogP) is 2.11. The van der Waals surface area contributed by atoms with Crippen molar-refractivity contribution in [1.82, 2.24) is 10.2 Å². The van der Waals surface area contributed by atoms with Crippen LogP contribution in [0.2, 0.25) is 5.15 Å². The molecule has 1 N–H and O–H groups in total. The molecule has 0 spiro atoms. The van der Waals surface area contributed by atoms with E-state index in [2.05, 4.69) is 10.2 Å². The number of hydrogen-bond donors (Lipinski definition) is 1. The summed E-state index contributed by atoms with van der Waals surface area (Å²) in [7, 11) is 3.08. The lowest BCUT2D eigenvalue weighted by Crippen LogP contribution is -2.10. The maximum absolute atomic E-state index is 11.7. The molecule has 0 aliphatic heterocycles. The summed E-state index contributed by atoms with van der Waals surface area (Å²) in [5.74, 6) is 1.18. The Morgan fingerprint density at radius 2 is 1.94 bits per heavy atom. The van der Waals surface area contributed by atoms with E-state index in [4.69, 9.17) is 21.1 Å². The van der Waals surface area contributed by atoms with E-state index in [-0.39, 0.29) is 10.7 Å². The molecule has 0 fully saturated rings. The van der Waals surface area contributed by atoms with Gasteiger partial charge in [-0.05, 0) is 18.2 Å². The molecule has 1 aromatic heterocycles. The second-order valence-corrected chi connectivity index (χ2v) is 3.89. The quantitative estimate of drug-likeness (QED) is 0.924. The van der Waals surface area contributed by atoms with Gasteiger partial charge in [-0.3, -0.25) is 4.79 Å². The van der Waals surface area contributed by atoms with E-state index in [9.17, 15) is 4.79 Å². The van der Waals surface area contributed by atoms with E-state index in [0.717, 1.165) is 0 Å². The Hall–Kier alpha value is -2.01. The summed E-state index contributed by atoms with van der Waals surface area (Å²) in [5, 5.41) is 6.15. The zero-order chi connectivity index (χ0) is 13.1. The van der Waals surface area contributed by atoms with Crippen LogP contribution in [0, 0.1) is 0 Å². The third-order valence-electron chi connectivity index (χ3n) is 2.47. The van der Waals surface area contributed by atoms with Crippen LogP contribution in [0.25, 0.3) is 11.1 Å². The van der Waals surface area contributed by atoms with Gasteiger partial charge in [0, 0.05) is 11.6 Å². The molecule has 0 aliphatic rings. The molecule has 0 aliphatic carbocycles. The Kier molecular flexibility index (Phi) is 3.53. The lowest BCUT2D eigenvalue weighted by molar-refractivity contribution is 0.395. The number of benzene rings is 1. The average molecular weight is 267 g/mol. The van der Waals surface area contributed by atoms with E-state index in [1.54, 1.807) is 25.3 Å². The van der Waals surface area contributed by atoms with Crippen molar-refractivity contribution < 1.29 is 9.47 Å². The van der Waals surface area contributed by atoms with Crippen LogP contribution in [0.3, 0.4) is 0 Å². The van der Waals surface area contributed by atoms with Crippen LogP contribution in [-0.2, 0) is 0 Å². The van der Waals surface area contributed by atoms with Gasteiger partial charge >= 0.3 is 0 Å². The highest BCUT2D eigenvalue weighted by molar-refractivity contribution is 6.29. The van der Waals surface area contributed by atoms with E-state index >= 15 is 0 Å². The van der Waals surface area contributed by atoms with Crippen molar-refractivity contribution >= 4 is 11.6 Å². The van der Waals surface area contributed by atoms with Crippen molar-refractivity contribution in [3.8, 4) is 22.6 Å². The van der Waals surface area contributed by atoms with Gasteiger partial charge in [-0.15, -0.1) is 0 Å². The number of hydrogen-bond acceptors (Lipinski definition) is 4. The van der Waals surface area contributed by atoms with Crippen LogP contribution in [-0.4, -0.2) is 24.4 Å². The van der Waals surface area contributed by atoms with Crippen LogP contribution in [0.5, 0.6) is 11.5 Å². The third kappa shape index (κ3) is 2.31. The van der Waals surface area contributed by atoms with E-state index in [1.165, 1.54) is 13.2 Å². The van der Waals surface area contributed by atoms with Gasteiger partial charge in [0.15, 0.2) is 0 Å². The molecule has 0 saturated carbocycles. The minimum atomic E-state index is -0.331. The molecule has 0 unspecified atom stereocenters. The Balaban J connectivity index is 2.63. The molecular formula is C12H11ClN2O3. The highest BCUT2D eigenvalue weighted by Gasteiger charge is 2.11. The molecule has 18 heavy (non-hydrogen) atoms. The Morgan fingerprint density at radius 1 is 1.17 bits per heavy atom. The average Bonchev–Trinajstić information content (AvgIpc) is 2.41. The molecule has 2 aromatic rings. The van der Waals surface area contributed by atoms with Crippen molar-refractivity contribution in [2.24, 2.45) is 0 Å². The molecular weight excluding hydrogens is 256 g/mol. The Bertz CT molecular complexity index is 625. The van der Waals surface area contributed by atoms with Gasteiger partial charge in [-0.25, -0.2) is 5.10 Å². The molecule has 94 valence electrons. The van der Waals surface area contributed by atoms with E-state index in [0.29, 0.717) is 22.6 Å². The summed E-state index contributed by atoms with van der Waals surface area (Å²) in [6.45, 7) is 0. The number of H-pyrrole nitrogens is 1. The standard InChI is InChI=1S/C12H11ClN2O3/c1-17-7-3-4-8(10(5-7)18-2)9-6-11(13)14-15-12(9)16/h3-6H,1-2H3,(H,15,16). The molecule has 0 bridgehead atoms. The van der Waals surface area contributed by atoms with Crippen LogP contribution in [0.15, 0.2) is 29.1 Å². The predicted molar refractivity (Wildman–Crippen MR) is 68.4 cm³/mol. The van der Waals surface area contributed by atoms with Gasteiger partial charge in [-0.1, -0.05) is 11.6 Å². The van der Waals surface area contributed by atoms with Crippen LogP contribution in [0.4, 0.5) is 0 Å². The van der Waals surface area contributed by atoms with Gasteiger partial charge in [-0.2, -0.15) is 5.10 Å². The number of nitrogens with zero attached hydrogens (tertiary/aromatic N) is 1. The number of halogens is 1. The molecule has 0 saturated heterocycles. The first-order valence-electron chi connectivity index (χ1n) is 5.13. The van der Waals surface area contributed by atoms with Crippen molar-refractivity contribution in [3.05, 3.63) is 39.8 Å². The topological polar surface area (TPSA) is 64.2 Å². The summed E-state index contributed by atoms with van der Waals surface area (Å²) in [4.78, 5) is 11.7. The van der Waals surface area contributed by atoms with Crippen LogP contribution in [0.1, 0.15) is 0 Å². The van der Waals surface area contributed by atoms with Crippen molar-refractivity contribution in [2.45, 2.75) is 0 Å². The lowest BCUT2D eigenvalue weighted by Gasteiger charge is -2.09. The first-order chi connectivity index (χ1) is 8.65. The summed E-state index contributed by atoms with van der Waals surface area (Å²) in [6, 6.07) is 6.66. The molecule has 0 radical (unpaired) electrons. The Labute approximate surface area is 108 Å². The number of aromatic nitrogens is 2. The van der Waals surface area contributed by atoms with Gasteiger partial charge in [0.25, 0.3) is 5.56 Å². The second kappa shape index (κ2) is 5.10. The highest BCUT2D eigenvalue weighted by Crippen LogP contribution is 2.31. The van der Waals surface area contributed by atoms with Crippen molar-refractivity contribution in [2.75, 3.05) is 14.2 Å². The summed E-state index contributed by atoms with van der Waals surface area (Å²) < 4.78 is 10.3. The van der Waals surface area contributed by atoms with Gasteiger partial charge in [0.05, 0.1) is 19.8 Å². The highest BCUT2D eigenvalue weighted by atomic mass is 35.5.